The van der Waals surface area contributed by atoms with Crippen molar-refractivity contribution in [2.45, 2.75) is 65.2 Å². The summed E-state index contributed by atoms with van der Waals surface area (Å²) in [4.78, 5) is 23.7. The van der Waals surface area contributed by atoms with Gasteiger partial charge in [-0.3, -0.25) is 4.79 Å². The van der Waals surface area contributed by atoms with E-state index in [-0.39, 0.29) is 25.2 Å². The summed E-state index contributed by atoms with van der Waals surface area (Å²) in [5.41, 5.74) is 1.51. The first kappa shape index (κ1) is 45.7. The Morgan fingerprint density at radius 3 is 1.26 bits per heavy atom. The number of carbonyl (C=O) groups is 2. The molecule has 290 valence electrons. The maximum absolute atomic E-state index is 12.1. The number of benzene rings is 1. The molecule has 1 N–H and O–H groups in total. The van der Waals surface area contributed by atoms with Gasteiger partial charge in [-0.2, -0.15) is 0 Å². The van der Waals surface area contributed by atoms with E-state index in [4.69, 9.17) is 47.4 Å². The van der Waals surface area contributed by atoms with Gasteiger partial charge in [-0.1, -0.05) is 46.0 Å². The second kappa shape index (κ2) is 36.4. The monoisotopic (exact) mass is 715 g/mol. The lowest BCUT2D eigenvalue weighted by Gasteiger charge is -2.09. The summed E-state index contributed by atoms with van der Waals surface area (Å²) in [5, 5.41) is 3.32. The van der Waals surface area contributed by atoms with Crippen LogP contribution >= 0.6 is 0 Å². The number of hydrogen-bond donors (Lipinski definition) is 1. The largest absolute Gasteiger partial charge is 0.463 e. The fourth-order valence-corrected chi connectivity index (χ4v) is 4.21. The van der Waals surface area contributed by atoms with Crippen molar-refractivity contribution in [3.63, 3.8) is 0 Å². The first-order chi connectivity index (χ1) is 24.7. The Labute approximate surface area is 300 Å². The summed E-state index contributed by atoms with van der Waals surface area (Å²) in [6.07, 6.45) is 8.29. The number of unbranched alkanes of at least 4 members (excludes halogenated alkanes) is 5. The number of esters is 2. The van der Waals surface area contributed by atoms with E-state index in [2.05, 4.69) is 19.2 Å². The van der Waals surface area contributed by atoms with Gasteiger partial charge in [-0.15, -0.1) is 0 Å². The van der Waals surface area contributed by atoms with Crippen molar-refractivity contribution in [2.24, 2.45) is 0 Å². The van der Waals surface area contributed by atoms with E-state index in [0.717, 1.165) is 37.9 Å². The number of ether oxygens (including phenoxy) is 10. The van der Waals surface area contributed by atoms with Gasteiger partial charge >= 0.3 is 11.9 Å². The van der Waals surface area contributed by atoms with Crippen molar-refractivity contribution in [2.75, 3.05) is 131 Å². The minimum Gasteiger partial charge on any atom is -0.463 e. The van der Waals surface area contributed by atoms with Crippen LogP contribution in [0.15, 0.2) is 24.3 Å². The molecule has 0 saturated carbocycles. The Hall–Kier alpha value is -2.36. The Balaban J connectivity index is 1.71. The summed E-state index contributed by atoms with van der Waals surface area (Å²) >= 11 is 0. The van der Waals surface area contributed by atoms with Crippen molar-refractivity contribution in [3.8, 4) is 0 Å². The van der Waals surface area contributed by atoms with Crippen LogP contribution in [0, 0.1) is 0 Å². The Kier molecular flexibility index (Phi) is 33.3. The highest BCUT2D eigenvalue weighted by atomic mass is 16.6. The first-order valence-corrected chi connectivity index (χ1v) is 18.5. The second-order valence-corrected chi connectivity index (χ2v) is 11.3. The molecular formula is C37H65NO12. The normalized spacial score (nSPS) is 11.2. The lowest BCUT2D eigenvalue weighted by Crippen LogP contribution is -2.15. The minimum atomic E-state index is -0.363. The summed E-state index contributed by atoms with van der Waals surface area (Å²) in [7, 11) is 0. The molecule has 0 saturated heterocycles. The molecule has 0 aliphatic carbocycles. The van der Waals surface area contributed by atoms with Crippen LogP contribution in [-0.2, 0) is 52.2 Å². The van der Waals surface area contributed by atoms with Gasteiger partial charge < -0.3 is 52.7 Å². The van der Waals surface area contributed by atoms with E-state index in [1.54, 1.807) is 12.1 Å². The van der Waals surface area contributed by atoms with Gasteiger partial charge in [0.25, 0.3) is 0 Å². The molecule has 0 heterocycles. The quantitative estimate of drug-likeness (QED) is 0.0719. The molecule has 0 atom stereocenters. The fourth-order valence-electron chi connectivity index (χ4n) is 4.21. The fraction of sp³-hybridized carbons (Fsp3) is 0.784. The smallest absolute Gasteiger partial charge is 0.338 e. The highest BCUT2D eigenvalue weighted by Gasteiger charge is 2.07. The standard InChI is InChI=1S/C37H65NO12/c1-3-5-7-8-9-10-36(39)49-32-30-47-28-26-45-24-22-43-20-18-41-16-17-42-19-21-44-23-25-46-27-29-48-31-33-50-37(40)34-11-13-35(14-12-34)38-15-6-4-2/h11-14,38H,3-10,15-33H2,1-2H3. The van der Waals surface area contributed by atoms with Gasteiger partial charge in [0.05, 0.1) is 111 Å². The highest BCUT2D eigenvalue weighted by Crippen LogP contribution is 2.11. The lowest BCUT2D eigenvalue weighted by atomic mass is 10.1. The zero-order valence-electron chi connectivity index (χ0n) is 30.8. The molecule has 1 aromatic rings. The predicted molar refractivity (Wildman–Crippen MR) is 191 cm³/mol. The molecule has 0 spiro atoms. The molecule has 50 heavy (non-hydrogen) atoms. The number of hydrogen-bond acceptors (Lipinski definition) is 13. The van der Waals surface area contributed by atoms with Crippen molar-refractivity contribution < 1.29 is 57.0 Å². The maximum atomic E-state index is 12.1. The maximum Gasteiger partial charge on any atom is 0.338 e. The van der Waals surface area contributed by atoms with Crippen molar-refractivity contribution in [3.05, 3.63) is 29.8 Å². The summed E-state index contributed by atoms with van der Waals surface area (Å²) in [6, 6.07) is 7.28. The molecule has 0 fully saturated rings. The molecule has 13 nitrogen and oxygen atoms in total. The molecule has 1 aromatic carbocycles. The van der Waals surface area contributed by atoms with E-state index in [1.807, 2.05) is 12.1 Å². The van der Waals surface area contributed by atoms with Gasteiger partial charge in [0, 0.05) is 18.7 Å². The zero-order chi connectivity index (χ0) is 36.0. The van der Waals surface area contributed by atoms with Gasteiger partial charge in [-0.05, 0) is 37.1 Å². The van der Waals surface area contributed by atoms with Crippen molar-refractivity contribution in [1.29, 1.82) is 0 Å². The molecule has 0 amide bonds. The van der Waals surface area contributed by atoms with Gasteiger partial charge in [0.1, 0.15) is 13.2 Å². The van der Waals surface area contributed by atoms with Gasteiger partial charge in [-0.25, -0.2) is 4.79 Å². The number of rotatable bonds is 38. The van der Waals surface area contributed by atoms with Crippen molar-refractivity contribution in [1.82, 2.24) is 0 Å². The van der Waals surface area contributed by atoms with Crippen LogP contribution < -0.4 is 5.32 Å². The highest BCUT2D eigenvalue weighted by molar-refractivity contribution is 5.89. The summed E-state index contributed by atoms with van der Waals surface area (Å²) < 4.78 is 54.1. The average Bonchev–Trinajstić information content (AvgIpc) is 3.13. The average molecular weight is 716 g/mol. The summed E-state index contributed by atoms with van der Waals surface area (Å²) in [5.74, 6) is -0.514. The molecule has 0 aliphatic heterocycles. The third kappa shape index (κ3) is 30.5. The minimum absolute atomic E-state index is 0.151. The molecule has 13 heteroatoms. The second-order valence-electron chi connectivity index (χ2n) is 11.3. The molecule has 0 bridgehead atoms. The molecule has 0 aliphatic rings. The van der Waals surface area contributed by atoms with E-state index in [9.17, 15) is 9.59 Å². The Bertz CT molecular complexity index is 890. The Morgan fingerprint density at radius 1 is 0.460 bits per heavy atom. The topological polar surface area (TPSA) is 138 Å². The number of nitrogens with one attached hydrogen (secondary N) is 1. The molecule has 0 unspecified atom stereocenters. The molecular weight excluding hydrogens is 650 g/mol. The molecule has 0 aromatic heterocycles. The van der Waals surface area contributed by atoms with E-state index >= 15 is 0 Å². The first-order valence-electron chi connectivity index (χ1n) is 18.5. The number of anilines is 1. The van der Waals surface area contributed by atoms with Crippen LogP contribution in [0.5, 0.6) is 0 Å². The van der Waals surface area contributed by atoms with E-state index in [0.29, 0.717) is 118 Å². The summed E-state index contributed by atoms with van der Waals surface area (Å²) in [6.45, 7) is 12.9. The Morgan fingerprint density at radius 2 is 0.840 bits per heavy atom. The van der Waals surface area contributed by atoms with E-state index in [1.165, 1.54) is 19.3 Å². The predicted octanol–water partition coefficient (Wildman–Crippen LogP) is 5.09. The van der Waals surface area contributed by atoms with E-state index < -0.39 is 0 Å². The van der Waals surface area contributed by atoms with Gasteiger partial charge in [0.2, 0.25) is 0 Å². The van der Waals surface area contributed by atoms with Crippen molar-refractivity contribution >= 4 is 17.6 Å². The third-order valence-corrected chi connectivity index (χ3v) is 7.02. The zero-order valence-corrected chi connectivity index (χ0v) is 30.8. The van der Waals surface area contributed by atoms with Crippen LogP contribution in [0.3, 0.4) is 0 Å². The van der Waals surface area contributed by atoms with Crippen LogP contribution in [-0.4, -0.2) is 137 Å². The molecule has 0 radical (unpaired) electrons. The van der Waals surface area contributed by atoms with Crippen LogP contribution in [0.25, 0.3) is 0 Å². The number of carbonyl (C=O) groups excluding carboxylic acids is 2. The van der Waals surface area contributed by atoms with Gasteiger partial charge in [0.15, 0.2) is 0 Å². The SMILES string of the molecule is CCCCCCCC(=O)OCCOCCOCCOCCOCCOCCOCCOCCOCCOC(=O)c1ccc(NCCCC)cc1. The third-order valence-electron chi connectivity index (χ3n) is 7.02. The van der Waals surface area contributed by atoms with Crippen LogP contribution in [0.4, 0.5) is 5.69 Å². The lowest BCUT2D eigenvalue weighted by molar-refractivity contribution is -0.145. The molecule has 1 rings (SSSR count). The van der Waals surface area contributed by atoms with Crippen LogP contribution in [0.2, 0.25) is 0 Å². The van der Waals surface area contributed by atoms with Crippen LogP contribution in [0.1, 0.15) is 75.6 Å².